The highest BCUT2D eigenvalue weighted by Gasteiger charge is 2.17. The quantitative estimate of drug-likeness (QED) is 0.859. The molecule has 0 fully saturated rings. The van der Waals surface area contributed by atoms with E-state index in [4.69, 9.17) is 4.74 Å². The molecule has 1 aromatic heterocycles. The first kappa shape index (κ1) is 14.9. The number of halogens is 1. The van der Waals surface area contributed by atoms with E-state index < -0.39 is 17.5 Å². The maximum absolute atomic E-state index is 13.6. The Kier molecular flexibility index (Phi) is 3.88. The Morgan fingerprint density at radius 1 is 1.33 bits per heavy atom. The third-order valence-corrected chi connectivity index (χ3v) is 2.54. The minimum absolute atomic E-state index is 0.156. The lowest BCUT2D eigenvalue weighted by Gasteiger charge is -2.20. The molecule has 0 aliphatic carbocycles. The molecule has 0 saturated heterocycles. The van der Waals surface area contributed by atoms with Gasteiger partial charge in [-0.3, -0.25) is 10.1 Å². The number of ether oxygens (including phenoxy) is 1. The van der Waals surface area contributed by atoms with Crippen LogP contribution in [0.2, 0.25) is 0 Å². The summed E-state index contributed by atoms with van der Waals surface area (Å²) in [4.78, 5) is 26.7. The van der Waals surface area contributed by atoms with Crippen molar-refractivity contribution in [3.8, 4) is 0 Å². The van der Waals surface area contributed by atoms with Gasteiger partial charge < -0.3 is 4.74 Å². The molecular formula is C15H15FN2O3. The average molecular weight is 290 g/mol. The van der Waals surface area contributed by atoms with Gasteiger partial charge in [0.15, 0.2) is 6.29 Å². The van der Waals surface area contributed by atoms with Gasteiger partial charge in [0.1, 0.15) is 17.1 Å². The van der Waals surface area contributed by atoms with Crippen LogP contribution in [0.3, 0.4) is 0 Å². The summed E-state index contributed by atoms with van der Waals surface area (Å²) in [5, 5.41) is 2.93. The van der Waals surface area contributed by atoms with Crippen LogP contribution in [-0.2, 0) is 4.74 Å². The molecule has 2 aromatic rings. The molecule has 0 atom stereocenters. The molecule has 1 aromatic carbocycles. The number of aromatic nitrogens is 1. The van der Waals surface area contributed by atoms with Crippen molar-refractivity contribution in [1.82, 2.24) is 4.98 Å². The topological polar surface area (TPSA) is 68.3 Å². The number of pyridine rings is 1. The third-order valence-electron chi connectivity index (χ3n) is 2.54. The summed E-state index contributed by atoms with van der Waals surface area (Å²) in [6, 6.07) is 5.45. The summed E-state index contributed by atoms with van der Waals surface area (Å²) in [5.74, 6) is -0.519. The van der Waals surface area contributed by atoms with Crippen LogP contribution in [0.4, 0.5) is 14.9 Å². The largest absolute Gasteiger partial charge is 0.444 e. The predicted octanol–water partition coefficient (Wildman–Crippen LogP) is 3.53. The van der Waals surface area contributed by atoms with Crippen LogP contribution >= 0.6 is 0 Å². The number of rotatable bonds is 2. The van der Waals surface area contributed by atoms with Gasteiger partial charge in [0.05, 0.1) is 11.2 Å². The van der Waals surface area contributed by atoms with E-state index in [0.717, 1.165) is 6.07 Å². The number of nitrogens with zero attached hydrogens (tertiary/aromatic N) is 1. The molecule has 0 bridgehead atoms. The SMILES string of the molecule is CC(C)(C)OC(=O)Nc1cc(F)cc2ccc(C=O)nc12. The lowest BCUT2D eigenvalue weighted by atomic mass is 10.1. The number of hydrogen-bond acceptors (Lipinski definition) is 4. The van der Waals surface area contributed by atoms with Crippen LogP contribution in [0.25, 0.3) is 10.9 Å². The van der Waals surface area contributed by atoms with Crippen molar-refractivity contribution in [2.24, 2.45) is 0 Å². The number of fused-ring (bicyclic) bond motifs is 1. The number of carbonyl (C=O) groups is 2. The van der Waals surface area contributed by atoms with Gasteiger partial charge in [-0.2, -0.15) is 0 Å². The molecule has 21 heavy (non-hydrogen) atoms. The number of benzene rings is 1. The number of nitrogens with one attached hydrogen (secondary N) is 1. The highest BCUT2D eigenvalue weighted by atomic mass is 19.1. The molecule has 0 unspecified atom stereocenters. The number of anilines is 1. The Bertz CT molecular complexity index is 708. The van der Waals surface area contributed by atoms with Crippen LogP contribution < -0.4 is 5.32 Å². The molecule has 6 heteroatoms. The van der Waals surface area contributed by atoms with Gasteiger partial charge in [0, 0.05) is 5.39 Å². The van der Waals surface area contributed by atoms with E-state index in [2.05, 4.69) is 10.3 Å². The normalized spacial score (nSPS) is 11.2. The maximum Gasteiger partial charge on any atom is 0.412 e. The molecule has 0 spiro atoms. The van der Waals surface area contributed by atoms with Gasteiger partial charge in [0.25, 0.3) is 0 Å². The Hall–Kier alpha value is -2.50. The van der Waals surface area contributed by atoms with Crippen LogP contribution in [0, 0.1) is 5.82 Å². The fourth-order valence-electron chi connectivity index (χ4n) is 1.79. The zero-order valence-corrected chi connectivity index (χ0v) is 11.9. The second-order valence-electron chi connectivity index (χ2n) is 5.51. The van der Waals surface area contributed by atoms with E-state index in [1.165, 1.54) is 12.1 Å². The van der Waals surface area contributed by atoms with Crippen molar-refractivity contribution in [1.29, 1.82) is 0 Å². The van der Waals surface area contributed by atoms with Crippen molar-refractivity contribution >= 4 is 29.0 Å². The Labute approximate surface area is 121 Å². The summed E-state index contributed by atoms with van der Waals surface area (Å²) in [7, 11) is 0. The molecule has 0 aliphatic rings. The fourth-order valence-corrected chi connectivity index (χ4v) is 1.79. The molecule has 2 rings (SSSR count). The zero-order valence-electron chi connectivity index (χ0n) is 11.9. The van der Waals surface area contributed by atoms with E-state index >= 15 is 0 Å². The van der Waals surface area contributed by atoms with Crippen LogP contribution in [-0.4, -0.2) is 23.0 Å². The Balaban J connectivity index is 2.42. The van der Waals surface area contributed by atoms with Gasteiger partial charge in [-0.1, -0.05) is 6.07 Å². The highest BCUT2D eigenvalue weighted by molar-refractivity contribution is 5.98. The van der Waals surface area contributed by atoms with E-state index in [0.29, 0.717) is 17.2 Å². The lowest BCUT2D eigenvalue weighted by Crippen LogP contribution is -2.27. The smallest absolute Gasteiger partial charge is 0.412 e. The van der Waals surface area contributed by atoms with Crippen molar-refractivity contribution in [3.63, 3.8) is 0 Å². The average Bonchev–Trinajstić information content (AvgIpc) is 2.35. The minimum atomic E-state index is -0.715. The molecule has 1 amide bonds. The first-order valence-corrected chi connectivity index (χ1v) is 6.34. The van der Waals surface area contributed by atoms with E-state index in [1.54, 1.807) is 26.8 Å². The molecule has 1 N–H and O–H groups in total. The Morgan fingerprint density at radius 2 is 2.05 bits per heavy atom. The van der Waals surface area contributed by atoms with E-state index in [-0.39, 0.29) is 11.4 Å². The highest BCUT2D eigenvalue weighted by Crippen LogP contribution is 2.24. The summed E-state index contributed by atoms with van der Waals surface area (Å²) in [5.41, 5.74) is 0.00497. The summed E-state index contributed by atoms with van der Waals surface area (Å²) in [6.45, 7) is 5.16. The van der Waals surface area contributed by atoms with Crippen molar-refractivity contribution in [2.75, 3.05) is 5.32 Å². The summed E-state index contributed by atoms with van der Waals surface area (Å²) < 4.78 is 18.7. The molecular weight excluding hydrogens is 275 g/mol. The first-order valence-electron chi connectivity index (χ1n) is 6.34. The van der Waals surface area contributed by atoms with Crippen molar-refractivity contribution < 1.29 is 18.7 Å². The molecule has 0 radical (unpaired) electrons. The molecule has 0 aliphatic heterocycles. The van der Waals surface area contributed by atoms with Crippen LogP contribution in [0.5, 0.6) is 0 Å². The van der Waals surface area contributed by atoms with Crippen LogP contribution in [0.15, 0.2) is 24.3 Å². The van der Waals surface area contributed by atoms with Crippen molar-refractivity contribution in [2.45, 2.75) is 26.4 Å². The monoisotopic (exact) mass is 290 g/mol. The van der Waals surface area contributed by atoms with E-state index in [9.17, 15) is 14.0 Å². The maximum atomic E-state index is 13.6. The Morgan fingerprint density at radius 3 is 2.67 bits per heavy atom. The zero-order chi connectivity index (χ0) is 15.6. The van der Waals surface area contributed by atoms with Gasteiger partial charge in [-0.05, 0) is 39.0 Å². The number of hydrogen-bond donors (Lipinski definition) is 1. The molecule has 0 saturated carbocycles. The van der Waals surface area contributed by atoms with Crippen LogP contribution in [0.1, 0.15) is 31.3 Å². The van der Waals surface area contributed by atoms with Gasteiger partial charge in [0.2, 0.25) is 0 Å². The summed E-state index contributed by atoms with van der Waals surface area (Å²) >= 11 is 0. The van der Waals surface area contributed by atoms with Crippen molar-refractivity contribution in [3.05, 3.63) is 35.8 Å². The minimum Gasteiger partial charge on any atom is -0.444 e. The predicted molar refractivity (Wildman–Crippen MR) is 76.9 cm³/mol. The summed E-state index contributed by atoms with van der Waals surface area (Å²) in [6.07, 6.45) is -0.132. The number of aldehydes is 1. The van der Waals surface area contributed by atoms with Gasteiger partial charge in [-0.25, -0.2) is 14.2 Å². The standard InChI is InChI=1S/C15H15FN2O3/c1-15(2,3)21-14(20)18-12-7-10(16)6-9-4-5-11(8-19)17-13(9)12/h4-8H,1-3H3,(H,18,20). The van der Waals surface area contributed by atoms with E-state index in [1.807, 2.05) is 0 Å². The number of amides is 1. The first-order chi connectivity index (χ1) is 9.78. The second-order valence-corrected chi connectivity index (χ2v) is 5.51. The molecule has 110 valence electrons. The third kappa shape index (κ3) is 3.75. The second kappa shape index (κ2) is 5.47. The fraction of sp³-hybridized carbons (Fsp3) is 0.267. The molecule has 5 nitrogen and oxygen atoms in total. The lowest BCUT2D eigenvalue weighted by molar-refractivity contribution is 0.0636. The van der Waals surface area contributed by atoms with Gasteiger partial charge in [-0.15, -0.1) is 0 Å². The molecule has 1 heterocycles. The number of carbonyl (C=O) groups excluding carboxylic acids is 2. The van der Waals surface area contributed by atoms with Gasteiger partial charge >= 0.3 is 6.09 Å².